The van der Waals surface area contributed by atoms with Crippen molar-refractivity contribution in [3.8, 4) is 24.2 Å². The summed E-state index contributed by atoms with van der Waals surface area (Å²) >= 11 is 0. The molecular weight excluding hydrogens is 318 g/mol. The molecule has 0 radical (unpaired) electrons. The van der Waals surface area contributed by atoms with Gasteiger partial charge in [0.15, 0.2) is 11.5 Å². The van der Waals surface area contributed by atoms with E-state index in [-0.39, 0.29) is 5.91 Å². The second-order valence-electron chi connectivity index (χ2n) is 5.77. The number of fused-ring (bicyclic) bond motifs is 1. The van der Waals surface area contributed by atoms with Crippen LogP contribution in [-0.2, 0) is 11.3 Å². The first-order chi connectivity index (χ1) is 12.1. The smallest absolute Gasteiger partial charge is 0.219 e. The molecule has 0 unspecified atom stereocenters. The van der Waals surface area contributed by atoms with E-state index in [4.69, 9.17) is 12.2 Å². The number of nitrogen functional groups attached to an aromatic ring is 1. The van der Waals surface area contributed by atoms with Gasteiger partial charge in [-0.25, -0.2) is 15.0 Å². The predicted molar refractivity (Wildman–Crippen MR) is 94.1 cm³/mol. The molecule has 1 saturated heterocycles. The van der Waals surface area contributed by atoms with Crippen LogP contribution in [0.3, 0.4) is 0 Å². The number of rotatable bonds is 2. The first kappa shape index (κ1) is 16.7. The molecule has 2 aromatic rings. The Balaban J connectivity index is 1.70. The van der Waals surface area contributed by atoms with E-state index in [1.54, 1.807) is 17.8 Å². The van der Waals surface area contributed by atoms with Gasteiger partial charge in [-0.3, -0.25) is 9.69 Å². The van der Waals surface area contributed by atoms with Gasteiger partial charge in [-0.15, -0.1) is 6.42 Å². The monoisotopic (exact) mass is 337 g/mol. The third-order valence-electron chi connectivity index (χ3n) is 4.07. The van der Waals surface area contributed by atoms with Crippen molar-refractivity contribution >= 4 is 22.9 Å². The molecule has 2 aromatic heterocycles. The van der Waals surface area contributed by atoms with Crippen molar-refractivity contribution in [2.45, 2.75) is 13.5 Å². The van der Waals surface area contributed by atoms with E-state index < -0.39 is 0 Å². The molecule has 0 atom stereocenters. The highest BCUT2D eigenvalue weighted by Crippen LogP contribution is 2.15. The Kier molecular flexibility index (Phi) is 4.82. The maximum atomic E-state index is 11.3. The molecule has 3 heterocycles. The molecule has 128 valence electrons. The van der Waals surface area contributed by atoms with Gasteiger partial charge in [-0.1, -0.05) is 11.8 Å². The Bertz CT molecular complexity index is 891. The topological polar surface area (TPSA) is 93.2 Å². The summed E-state index contributed by atoms with van der Waals surface area (Å²) in [7, 11) is 0. The number of aromatic nitrogens is 4. The van der Waals surface area contributed by atoms with Gasteiger partial charge in [-0.05, 0) is 5.92 Å². The number of terminal acetylenes is 1. The van der Waals surface area contributed by atoms with E-state index in [1.807, 2.05) is 4.90 Å². The summed E-state index contributed by atoms with van der Waals surface area (Å²) < 4.78 is 1.74. The lowest BCUT2D eigenvalue weighted by molar-refractivity contribution is -0.130. The SMILES string of the molecule is C#CCn1cnc2c(N)nc(C#CCN3CCN(C(C)=O)CC3)nc21. The van der Waals surface area contributed by atoms with Gasteiger partial charge in [0.25, 0.3) is 0 Å². The van der Waals surface area contributed by atoms with E-state index in [2.05, 4.69) is 37.6 Å². The Morgan fingerprint density at radius 1 is 1.28 bits per heavy atom. The zero-order valence-electron chi connectivity index (χ0n) is 14.1. The van der Waals surface area contributed by atoms with Gasteiger partial charge >= 0.3 is 0 Å². The molecule has 1 aliphatic rings. The van der Waals surface area contributed by atoms with Gasteiger partial charge in [-0.2, -0.15) is 0 Å². The molecule has 3 rings (SSSR count). The Hall–Kier alpha value is -3.10. The predicted octanol–water partition coefficient (Wildman–Crippen LogP) is -0.443. The summed E-state index contributed by atoms with van der Waals surface area (Å²) in [6.07, 6.45) is 6.95. The molecule has 0 saturated carbocycles. The zero-order valence-corrected chi connectivity index (χ0v) is 14.1. The fraction of sp³-hybridized carbons (Fsp3) is 0.412. The number of nitrogens with two attached hydrogens (primary N) is 1. The zero-order chi connectivity index (χ0) is 17.8. The quantitative estimate of drug-likeness (QED) is 0.747. The summed E-state index contributed by atoms with van der Waals surface area (Å²) in [6.45, 7) is 5.64. The minimum absolute atomic E-state index is 0.117. The first-order valence-corrected chi connectivity index (χ1v) is 7.97. The highest BCUT2D eigenvalue weighted by molar-refractivity contribution is 5.82. The number of nitrogens with zero attached hydrogens (tertiary/aromatic N) is 6. The van der Waals surface area contributed by atoms with Crippen molar-refractivity contribution < 1.29 is 4.79 Å². The number of anilines is 1. The summed E-state index contributed by atoms with van der Waals surface area (Å²) in [5.74, 6) is 9.34. The summed E-state index contributed by atoms with van der Waals surface area (Å²) in [4.78, 5) is 28.1. The Morgan fingerprint density at radius 2 is 2.04 bits per heavy atom. The van der Waals surface area contributed by atoms with E-state index in [0.29, 0.717) is 35.9 Å². The highest BCUT2D eigenvalue weighted by Gasteiger charge is 2.17. The molecule has 8 heteroatoms. The van der Waals surface area contributed by atoms with Crippen molar-refractivity contribution in [2.24, 2.45) is 0 Å². The first-order valence-electron chi connectivity index (χ1n) is 7.97. The molecule has 0 bridgehead atoms. The molecule has 1 fully saturated rings. The van der Waals surface area contributed by atoms with Crippen LogP contribution in [0.5, 0.6) is 0 Å². The molecule has 8 nitrogen and oxygen atoms in total. The standard InChI is InChI=1S/C17H19N7O/c1-3-6-24-12-19-15-16(18)20-14(21-17(15)24)5-4-7-22-8-10-23(11-9-22)13(2)25/h1,12H,6-11H2,2H3,(H2,18,20,21). The van der Waals surface area contributed by atoms with Crippen LogP contribution in [0.25, 0.3) is 11.2 Å². The molecule has 0 spiro atoms. The van der Waals surface area contributed by atoms with Crippen LogP contribution in [-0.4, -0.2) is 67.9 Å². The van der Waals surface area contributed by atoms with Crippen LogP contribution < -0.4 is 5.73 Å². The second kappa shape index (κ2) is 7.20. The Labute approximate surface area is 146 Å². The van der Waals surface area contributed by atoms with Crippen LogP contribution in [0.1, 0.15) is 12.7 Å². The van der Waals surface area contributed by atoms with Crippen molar-refractivity contribution in [3.63, 3.8) is 0 Å². The van der Waals surface area contributed by atoms with E-state index in [0.717, 1.165) is 26.2 Å². The van der Waals surface area contributed by atoms with E-state index in [1.165, 1.54) is 0 Å². The number of carbonyl (C=O) groups is 1. The lowest BCUT2D eigenvalue weighted by Crippen LogP contribution is -2.47. The van der Waals surface area contributed by atoms with E-state index in [9.17, 15) is 4.79 Å². The Morgan fingerprint density at radius 3 is 2.72 bits per heavy atom. The van der Waals surface area contributed by atoms with E-state index >= 15 is 0 Å². The lowest BCUT2D eigenvalue weighted by Gasteiger charge is -2.32. The van der Waals surface area contributed by atoms with Crippen molar-refractivity contribution in [3.05, 3.63) is 12.2 Å². The van der Waals surface area contributed by atoms with Crippen LogP contribution in [0.4, 0.5) is 5.82 Å². The average molecular weight is 337 g/mol. The summed E-state index contributed by atoms with van der Waals surface area (Å²) in [6, 6.07) is 0. The molecule has 25 heavy (non-hydrogen) atoms. The number of hydrogen-bond acceptors (Lipinski definition) is 6. The fourth-order valence-corrected chi connectivity index (χ4v) is 2.69. The maximum absolute atomic E-state index is 11.3. The number of imidazole rings is 1. The molecular formula is C17H19N7O. The number of piperazine rings is 1. The van der Waals surface area contributed by atoms with Crippen LogP contribution >= 0.6 is 0 Å². The number of amides is 1. The normalized spacial score (nSPS) is 14.8. The molecule has 0 aliphatic carbocycles. The molecule has 0 aromatic carbocycles. The number of carbonyl (C=O) groups excluding carboxylic acids is 1. The highest BCUT2D eigenvalue weighted by atomic mass is 16.2. The third-order valence-corrected chi connectivity index (χ3v) is 4.07. The van der Waals surface area contributed by atoms with Crippen molar-refractivity contribution in [1.82, 2.24) is 29.3 Å². The summed E-state index contributed by atoms with van der Waals surface area (Å²) in [5, 5.41) is 0. The van der Waals surface area contributed by atoms with Gasteiger partial charge in [0.05, 0.1) is 19.4 Å². The van der Waals surface area contributed by atoms with Gasteiger partial charge in [0.2, 0.25) is 11.7 Å². The average Bonchev–Trinajstić information content (AvgIpc) is 2.99. The third kappa shape index (κ3) is 3.70. The minimum Gasteiger partial charge on any atom is -0.382 e. The van der Waals surface area contributed by atoms with Crippen LogP contribution in [0, 0.1) is 24.2 Å². The number of hydrogen-bond donors (Lipinski definition) is 1. The fourth-order valence-electron chi connectivity index (χ4n) is 2.69. The minimum atomic E-state index is 0.117. The summed E-state index contributed by atoms with van der Waals surface area (Å²) in [5.41, 5.74) is 7.05. The second-order valence-corrected chi connectivity index (χ2v) is 5.77. The molecule has 2 N–H and O–H groups in total. The lowest BCUT2D eigenvalue weighted by atomic mass is 10.3. The molecule has 1 aliphatic heterocycles. The van der Waals surface area contributed by atoms with Gasteiger partial charge < -0.3 is 15.2 Å². The molecule has 1 amide bonds. The largest absolute Gasteiger partial charge is 0.382 e. The van der Waals surface area contributed by atoms with Gasteiger partial charge in [0, 0.05) is 33.1 Å². The van der Waals surface area contributed by atoms with Crippen LogP contribution in [0.15, 0.2) is 6.33 Å². The van der Waals surface area contributed by atoms with Crippen molar-refractivity contribution in [1.29, 1.82) is 0 Å². The van der Waals surface area contributed by atoms with Crippen molar-refractivity contribution in [2.75, 3.05) is 38.5 Å². The maximum Gasteiger partial charge on any atom is 0.219 e. The van der Waals surface area contributed by atoms with Crippen LogP contribution in [0.2, 0.25) is 0 Å². The van der Waals surface area contributed by atoms with Gasteiger partial charge in [0.1, 0.15) is 5.52 Å².